The van der Waals surface area contributed by atoms with Gasteiger partial charge in [-0.2, -0.15) is 5.10 Å². The summed E-state index contributed by atoms with van der Waals surface area (Å²) in [6.07, 6.45) is 1.55. The molecule has 0 aliphatic rings. The lowest BCUT2D eigenvalue weighted by molar-refractivity contribution is -0.121. The second-order valence-electron chi connectivity index (χ2n) is 8.38. The van der Waals surface area contributed by atoms with E-state index in [0.29, 0.717) is 23.5 Å². The minimum absolute atomic E-state index is 0.0134. The van der Waals surface area contributed by atoms with E-state index in [1.807, 2.05) is 78.9 Å². The Kier molecular flexibility index (Phi) is 9.84. The summed E-state index contributed by atoms with van der Waals surface area (Å²) in [5.74, 6) is 0.00608. The summed E-state index contributed by atoms with van der Waals surface area (Å²) in [6, 6.07) is 31.3. The first-order valence-corrected chi connectivity index (χ1v) is 13.5. The maximum atomic E-state index is 12.8. The Bertz CT molecular complexity index is 1400. The summed E-state index contributed by atoms with van der Waals surface area (Å²) < 4.78 is 7.64. The van der Waals surface area contributed by atoms with Crippen LogP contribution >= 0.6 is 31.9 Å². The van der Waals surface area contributed by atoms with Crippen molar-refractivity contribution in [3.8, 4) is 5.75 Å². The Balaban J connectivity index is 1.44. The van der Waals surface area contributed by atoms with Crippen molar-refractivity contribution in [1.29, 1.82) is 0 Å². The third-order valence-electron chi connectivity index (χ3n) is 5.59. The van der Waals surface area contributed by atoms with E-state index >= 15 is 0 Å². The summed E-state index contributed by atoms with van der Waals surface area (Å²) in [5, 5.41) is 7.13. The van der Waals surface area contributed by atoms with Crippen LogP contribution in [0.25, 0.3) is 0 Å². The number of nitrogens with one attached hydrogen (secondary N) is 2. The largest absolute Gasteiger partial charge is 0.487 e. The van der Waals surface area contributed by atoms with Crippen LogP contribution in [0.1, 0.15) is 39.5 Å². The molecular formula is C30H25Br2N3O3. The lowest BCUT2D eigenvalue weighted by Gasteiger charge is -2.18. The number of carbonyl (C=O) groups excluding carboxylic acids is 2. The predicted molar refractivity (Wildman–Crippen MR) is 156 cm³/mol. The van der Waals surface area contributed by atoms with E-state index in [4.69, 9.17) is 4.74 Å². The third kappa shape index (κ3) is 7.87. The lowest BCUT2D eigenvalue weighted by atomic mass is 10.0. The van der Waals surface area contributed by atoms with Gasteiger partial charge in [0.2, 0.25) is 5.91 Å². The molecule has 0 aliphatic heterocycles. The number of nitrogens with zero attached hydrogens (tertiary/aromatic N) is 1. The van der Waals surface area contributed by atoms with Crippen LogP contribution in [0.5, 0.6) is 5.75 Å². The van der Waals surface area contributed by atoms with Gasteiger partial charge in [0.05, 0.1) is 23.1 Å². The van der Waals surface area contributed by atoms with E-state index in [1.165, 1.54) is 6.21 Å². The number of hydrogen-bond donors (Lipinski definition) is 2. The third-order valence-corrected chi connectivity index (χ3v) is 6.64. The monoisotopic (exact) mass is 633 g/mol. The highest BCUT2D eigenvalue weighted by atomic mass is 79.9. The Morgan fingerprint density at radius 3 is 2.18 bits per heavy atom. The van der Waals surface area contributed by atoms with Crippen LogP contribution in [0.15, 0.2) is 117 Å². The van der Waals surface area contributed by atoms with Crippen molar-refractivity contribution in [1.82, 2.24) is 10.7 Å². The molecule has 0 spiro atoms. The smallest absolute Gasteiger partial charge is 0.251 e. The number of benzene rings is 4. The molecule has 0 unspecified atom stereocenters. The van der Waals surface area contributed by atoms with Crippen molar-refractivity contribution >= 4 is 49.9 Å². The fourth-order valence-electron chi connectivity index (χ4n) is 3.73. The number of halogens is 2. The number of hydrazone groups is 1. The van der Waals surface area contributed by atoms with Crippen molar-refractivity contribution in [2.45, 2.75) is 19.1 Å². The minimum Gasteiger partial charge on any atom is -0.487 e. The predicted octanol–water partition coefficient (Wildman–Crippen LogP) is 6.80. The molecule has 0 heterocycles. The van der Waals surface area contributed by atoms with Gasteiger partial charge in [0, 0.05) is 15.6 Å². The first kappa shape index (κ1) is 27.3. The summed E-state index contributed by atoms with van der Waals surface area (Å²) >= 11 is 7.04. The maximum absolute atomic E-state index is 12.8. The zero-order chi connectivity index (χ0) is 26.7. The molecule has 2 N–H and O–H groups in total. The van der Waals surface area contributed by atoms with Crippen molar-refractivity contribution in [3.05, 3.63) is 134 Å². The van der Waals surface area contributed by atoms with Crippen LogP contribution in [0, 0.1) is 0 Å². The molecule has 6 nitrogen and oxygen atoms in total. The fourth-order valence-corrected chi connectivity index (χ4v) is 5.10. The Morgan fingerprint density at radius 1 is 0.868 bits per heavy atom. The number of ether oxygens (including phenoxy) is 1. The van der Waals surface area contributed by atoms with Gasteiger partial charge >= 0.3 is 0 Å². The van der Waals surface area contributed by atoms with Crippen molar-refractivity contribution < 1.29 is 14.3 Å². The van der Waals surface area contributed by atoms with E-state index in [0.717, 1.165) is 20.1 Å². The first-order valence-electron chi connectivity index (χ1n) is 11.9. The van der Waals surface area contributed by atoms with Crippen molar-refractivity contribution in [2.75, 3.05) is 0 Å². The van der Waals surface area contributed by atoms with Crippen molar-refractivity contribution in [3.63, 3.8) is 0 Å². The molecule has 0 aromatic heterocycles. The van der Waals surface area contributed by atoms with Crippen LogP contribution in [-0.4, -0.2) is 18.0 Å². The highest BCUT2D eigenvalue weighted by Gasteiger charge is 2.19. The molecule has 8 heteroatoms. The van der Waals surface area contributed by atoms with Gasteiger partial charge in [-0.3, -0.25) is 9.59 Å². The standard InChI is InChI=1S/C30H25Br2N3O3/c31-25-16-24(29(26(32)17-25)38-20-21-10-4-1-5-11-21)19-33-35-28(36)18-27(22-12-6-2-7-13-22)34-30(37)23-14-8-3-9-15-23/h1-17,19,27H,18,20H2,(H,34,37)(H,35,36)/b33-19-/t27-/m0/s1. The normalized spacial score (nSPS) is 11.6. The summed E-state index contributed by atoms with van der Waals surface area (Å²) in [5.41, 5.74) is 5.63. The summed E-state index contributed by atoms with van der Waals surface area (Å²) in [4.78, 5) is 25.6. The zero-order valence-corrected chi connectivity index (χ0v) is 23.5. The van der Waals surface area contributed by atoms with Crippen molar-refractivity contribution in [2.24, 2.45) is 5.10 Å². The molecule has 192 valence electrons. The van der Waals surface area contributed by atoms with Gasteiger partial charge < -0.3 is 10.1 Å². The minimum atomic E-state index is -0.524. The highest BCUT2D eigenvalue weighted by molar-refractivity contribution is 9.11. The maximum Gasteiger partial charge on any atom is 0.251 e. The van der Waals surface area contributed by atoms with E-state index in [1.54, 1.807) is 24.3 Å². The molecule has 0 aliphatic carbocycles. The number of rotatable bonds is 10. The average molecular weight is 635 g/mol. The van der Waals surface area contributed by atoms with E-state index < -0.39 is 6.04 Å². The SMILES string of the molecule is O=C(C[C@H](NC(=O)c1ccccc1)c1ccccc1)N/N=C\c1cc(Br)cc(Br)c1OCc1ccccc1. The number of hydrogen-bond acceptors (Lipinski definition) is 4. The van der Waals surface area contributed by atoms with Crippen LogP contribution < -0.4 is 15.5 Å². The highest BCUT2D eigenvalue weighted by Crippen LogP contribution is 2.32. The van der Waals surface area contributed by atoms with Gasteiger partial charge in [-0.05, 0) is 51.3 Å². The van der Waals surface area contributed by atoms with Crippen LogP contribution in [-0.2, 0) is 11.4 Å². The topological polar surface area (TPSA) is 79.8 Å². The Labute approximate surface area is 238 Å². The van der Waals surface area contributed by atoms with Gasteiger partial charge in [-0.1, -0.05) is 94.8 Å². The molecule has 0 bridgehead atoms. The van der Waals surface area contributed by atoms with Gasteiger partial charge in [0.1, 0.15) is 12.4 Å². The molecule has 2 amide bonds. The van der Waals surface area contributed by atoms with Gasteiger partial charge in [-0.15, -0.1) is 0 Å². The molecule has 0 fully saturated rings. The molecule has 4 aromatic rings. The molecule has 0 radical (unpaired) electrons. The first-order chi connectivity index (χ1) is 18.5. The average Bonchev–Trinajstić information content (AvgIpc) is 2.93. The van der Waals surface area contributed by atoms with Crippen LogP contribution in [0.4, 0.5) is 0 Å². The Hall–Kier alpha value is -3.75. The second-order valence-corrected chi connectivity index (χ2v) is 10.2. The van der Waals surface area contributed by atoms with Gasteiger partial charge in [0.15, 0.2) is 0 Å². The molecular weight excluding hydrogens is 610 g/mol. The van der Waals surface area contributed by atoms with Crippen LogP contribution in [0.2, 0.25) is 0 Å². The number of amides is 2. The summed E-state index contributed by atoms with van der Waals surface area (Å²) in [7, 11) is 0. The molecule has 38 heavy (non-hydrogen) atoms. The quantitative estimate of drug-likeness (QED) is 0.149. The van der Waals surface area contributed by atoms with E-state index in [2.05, 4.69) is 47.7 Å². The van der Waals surface area contributed by atoms with Gasteiger partial charge in [0.25, 0.3) is 5.91 Å². The molecule has 0 saturated carbocycles. The number of carbonyl (C=O) groups is 2. The van der Waals surface area contributed by atoms with Crippen LogP contribution in [0.3, 0.4) is 0 Å². The van der Waals surface area contributed by atoms with E-state index in [-0.39, 0.29) is 18.2 Å². The second kappa shape index (κ2) is 13.7. The Morgan fingerprint density at radius 2 is 1.50 bits per heavy atom. The molecule has 0 saturated heterocycles. The summed E-state index contributed by atoms with van der Waals surface area (Å²) in [6.45, 7) is 0.383. The fraction of sp³-hybridized carbons (Fsp3) is 0.100. The molecule has 4 rings (SSSR count). The lowest BCUT2D eigenvalue weighted by Crippen LogP contribution is -2.32. The zero-order valence-electron chi connectivity index (χ0n) is 20.3. The molecule has 4 aromatic carbocycles. The molecule has 1 atom stereocenters. The van der Waals surface area contributed by atoms with Gasteiger partial charge in [-0.25, -0.2) is 5.43 Å². The van der Waals surface area contributed by atoms with E-state index in [9.17, 15) is 9.59 Å².